The highest BCUT2D eigenvalue weighted by atomic mass is 16.5. The molecule has 1 aliphatic heterocycles. The summed E-state index contributed by atoms with van der Waals surface area (Å²) < 4.78 is 10.5. The second-order valence-corrected chi connectivity index (χ2v) is 7.44. The molecule has 3 heterocycles. The summed E-state index contributed by atoms with van der Waals surface area (Å²) in [6, 6.07) is 3.37. The standard InChI is InChI=1S/C20H28N4O4/c1-14(2)6-7-15-16(13-27-3)21-20(22-18(15)25)24-10-8-23(9-11-24)19(26)17-5-4-12-28-17/h4-5,12,14H,6-11,13H2,1-3H3,(H,21,22,25). The molecule has 8 heteroatoms. The number of nitrogens with one attached hydrogen (secondary N) is 1. The number of furan rings is 1. The Balaban J connectivity index is 1.72. The Morgan fingerprint density at radius 1 is 1.32 bits per heavy atom. The zero-order valence-corrected chi connectivity index (χ0v) is 16.7. The predicted molar refractivity (Wildman–Crippen MR) is 106 cm³/mol. The van der Waals surface area contributed by atoms with Gasteiger partial charge in [0.05, 0.1) is 18.6 Å². The number of carbonyl (C=O) groups is 1. The first-order valence-corrected chi connectivity index (χ1v) is 9.68. The highest BCUT2D eigenvalue weighted by molar-refractivity contribution is 5.91. The molecule has 1 amide bonds. The van der Waals surface area contributed by atoms with Crippen molar-refractivity contribution < 1.29 is 13.9 Å². The highest BCUT2D eigenvalue weighted by Gasteiger charge is 2.25. The highest BCUT2D eigenvalue weighted by Crippen LogP contribution is 2.16. The van der Waals surface area contributed by atoms with E-state index in [1.807, 2.05) is 4.90 Å². The SMILES string of the molecule is COCc1nc(N2CCN(C(=O)c3ccco3)CC2)[nH]c(=O)c1CCC(C)C. The summed E-state index contributed by atoms with van der Waals surface area (Å²) in [7, 11) is 1.60. The number of aromatic nitrogens is 2. The lowest BCUT2D eigenvalue weighted by atomic mass is 10.0. The van der Waals surface area contributed by atoms with Crippen LogP contribution in [0.25, 0.3) is 0 Å². The first-order valence-electron chi connectivity index (χ1n) is 9.68. The third-order valence-electron chi connectivity index (χ3n) is 4.94. The van der Waals surface area contributed by atoms with E-state index in [1.165, 1.54) is 6.26 Å². The van der Waals surface area contributed by atoms with Crippen LogP contribution in [0, 0.1) is 5.92 Å². The Morgan fingerprint density at radius 2 is 2.07 bits per heavy atom. The minimum atomic E-state index is -0.116. The molecule has 2 aromatic rings. The number of ether oxygens (including phenoxy) is 1. The molecule has 8 nitrogen and oxygen atoms in total. The van der Waals surface area contributed by atoms with Crippen LogP contribution in [0.3, 0.4) is 0 Å². The number of rotatable bonds is 7. The van der Waals surface area contributed by atoms with Crippen LogP contribution in [0.5, 0.6) is 0 Å². The summed E-state index contributed by atoms with van der Waals surface area (Å²) in [5.41, 5.74) is 1.29. The van der Waals surface area contributed by atoms with Crippen molar-refractivity contribution in [2.45, 2.75) is 33.3 Å². The second kappa shape index (κ2) is 9.05. The van der Waals surface area contributed by atoms with Crippen LogP contribution >= 0.6 is 0 Å². The van der Waals surface area contributed by atoms with Gasteiger partial charge >= 0.3 is 0 Å². The number of amides is 1. The minimum absolute atomic E-state index is 0.105. The molecule has 1 aliphatic rings. The summed E-state index contributed by atoms with van der Waals surface area (Å²) in [5.74, 6) is 1.27. The number of carbonyl (C=O) groups excluding carboxylic acids is 1. The lowest BCUT2D eigenvalue weighted by Gasteiger charge is -2.34. The van der Waals surface area contributed by atoms with Crippen LogP contribution in [0.15, 0.2) is 27.6 Å². The van der Waals surface area contributed by atoms with Crippen molar-refractivity contribution >= 4 is 11.9 Å². The van der Waals surface area contributed by atoms with Crippen LogP contribution in [-0.2, 0) is 17.8 Å². The maximum Gasteiger partial charge on any atom is 0.289 e. The maximum absolute atomic E-state index is 12.7. The van der Waals surface area contributed by atoms with Gasteiger partial charge in [0.25, 0.3) is 11.5 Å². The number of nitrogens with zero attached hydrogens (tertiary/aromatic N) is 3. The van der Waals surface area contributed by atoms with E-state index >= 15 is 0 Å². The van der Waals surface area contributed by atoms with E-state index in [9.17, 15) is 9.59 Å². The number of methoxy groups -OCH3 is 1. The van der Waals surface area contributed by atoms with Gasteiger partial charge in [0.1, 0.15) is 0 Å². The van der Waals surface area contributed by atoms with Crippen molar-refractivity contribution in [2.75, 3.05) is 38.2 Å². The van der Waals surface area contributed by atoms with Crippen molar-refractivity contribution in [3.8, 4) is 0 Å². The maximum atomic E-state index is 12.7. The molecule has 0 bridgehead atoms. The smallest absolute Gasteiger partial charge is 0.289 e. The Bertz CT molecular complexity index is 836. The van der Waals surface area contributed by atoms with Gasteiger partial charge in [-0.3, -0.25) is 14.6 Å². The average molecular weight is 388 g/mol. The summed E-state index contributed by atoms with van der Waals surface area (Å²) in [6.45, 7) is 6.84. The molecular formula is C20H28N4O4. The summed E-state index contributed by atoms with van der Waals surface area (Å²) in [5, 5.41) is 0. The van der Waals surface area contributed by atoms with Crippen molar-refractivity contribution in [1.29, 1.82) is 0 Å². The first kappa shape index (κ1) is 20.1. The fourth-order valence-electron chi connectivity index (χ4n) is 3.31. The van der Waals surface area contributed by atoms with Crippen LogP contribution in [-0.4, -0.2) is 54.1 Å². The van der Waals surface area contributed by atoms with Crippen molar-refractivity contribution in [3.05, 3.63) is 45.8 Å². The zero-order chi connectivity index (χ0) is 20.1. The Morgan fingerprint density at radius 3 is 2.68 bits per heavy atom. The lowest BCUT2D eigenvalue weighted by Crippen LogP contribution is -2.49. The number of aromatic amines is 1. The molecule has 28 heavy (non-hydrogen) atoms. The van der Waals surface area contributed by atoms with E-state index in [-0.39, 0.29) is 11.5 Å². The molecule has 0 aromatic carbocycles. The van der Waals surface area contributed by atoms with E-state index in [1.54, 1.807) is 24.1 Å². The van der Waals surface area contributed by atoms with Crippen molar-refractivity contribution in [1.82, 2.24) is 14.9 Å². The van der Waals surface area contributed by atoms with Crippen molar-refractivity contribution in [2.24, 2.45) is 5.92 Å². The topological polar surface area (TPSA) is 91.7 Å². The number of hydrogen-bond acceptors (Lipinski definition) is 6. The lowest BCUT2D eigenvalue weighted by molar-refractivity contribution is 0.0714. The monoisotopic (exact) mass is 388 g/mol. The van der Waals surface area contributed by atoms with Gasteiger partial charge in [-0.05, 0) is 30.9 Å². The Labute approximate surface area is 164 Å². The normalized spacial score (nSPS) is 14.7. The molecule has 1 N–H and O–H groups in total. The average Bonchev–Trinajstić information content (AvgIpc) is 3.21. The summed E-state index contributed by atoms with van der Waals surface area (Å²) >= 11 is 0. The molecule has 1 saturated heterocycles. The molecule has 0 unspecified atom stereocenters. The third kappa shape index (κ3) is 4.62. The number of hydrogen-bond donors (Lipinski definition) is 1. The van der Waals surface area contributed by atoms with Crippen LogP contribution < -0.4 is 10.5 Å². The molecule has 0 radical (unpaired) electrons. The Hall–Kier alpha value is -2.61. The van der Waals surface area contributed by atoms with Crippen LogP contribution in [0.4, 0.5) is 5.95 Å². The molecule has 2 aromatic heterocycles. The molecule has 0 atom stereocenters. The van der Waals surface area contributed by atoms with Gasteiger partial charge in [-0.1, -0.05) is 13.8 Å². The van der Waals surface area contributed by atoms with Gasteiger partial charge in [0.2, 0.25) is 5.95 Å². The molecule has 0 spiro atoms. The van der Waals surface area contributed by atoms with E-state index < -0.39 is 0 Å². The molecule has 152 valence electrons. The van der Waals surface area contributed by atoms with Gasteiger partial charge in [-0.2, -0.15) is 0 Å². The zero-order valence-electron chi connectivity index (χ0n) is 16.7. The van der Waals surface area contributed by atoms with Gasteiger partial charge in [0, 0.05) is 38.9 Å². The first-order chi connectivity index (χ1) is 13.5. The molecule has 0 aliphatic carbocycles. The molecular weight excluding hydrogens is 360 g/mol. The third-order valence-corrected chi connectivity index (χ3v) is 4.94. The van der Waals surface area contributed by atoms with Gasteiger partial charge in [-0.15, -0.1) is 0 Å². The van der Waals surface area contributed by atoms with E-state index in [2.05, 4.69) is 23.8 Å². The molecule has 3 rings (SSSR count). The van der Waals surface area contributed by atoms with Crippen LogP contribution in [0.1, 0.15) is 42.1 Å². The van der Waals surface area contributed by atoms with E-state index in [0.29, 0.717) is 68.1 Å². The number of anilines is 1. The minimum Gasteiger partial charge on any atom is -0.459 e. The number of H-pyrrole nitrogens is 1. The Kier molecular flexibility index (Phi) is 6.51. The fraction of sp³-hybridized carbons (Fsp3) is 0.550. The van der Waals surface area contributed by atoms with Gasteiger partial charge in [0.15, 0.2) is 5.76 Å². The number of piperazine rings is 1. The summed E-state index contributed by atoms with van der Waals surface area (Å²) in [6.07, 6.45) is 3.11. The molecule has 1 fully saturated rings. The second-order valence-electron chi connectivity index (χ2n) is 7.44. The van der Waals surface area contributed by atoms with Gasteiger partial charge in [-0.25, -0.2) is 4.98 Å². The largest absolute Gasteiger partial charge is 0.459 e. The van der Waals surface area contributed by atoms with E-state index in [4.69, 9.17) is 9.15 Å². The van der Waals surface area contributed by atoms with E-state index in [0.717, 1.165) is 6.42 Å². The van der Waals surface area contributed by atoms with Crippen molar-refractivity contribution in [3.63, 3.8) is 0 Å². The van der Waals surface area contributed by atoms with Crippen LogP contribution in [0.2, 0.25) is 0 Å². The molecule has 0 saturated carbocycles. The van der Waals surface area contributed by atoms with Gasteiger partial charge < -0.3 is 19.0 Å². The fourth-order valence-corrected chi connectivity index (χ4v) is 3.31. The predicted octanol–water partition coefficient (Wildman–Crippen LogP) is 2.06. The summed E-state index contributed by atoms with van der Waals surface area (Å²) in [4.78, 5) is 36.4. The quantitative estimate of drug-likeness (QED) is 0.781.